The number of halogens is 2. The minimum Gasteiger partial charge on any atom is -0.435 e. The van der Waals surface area contributed by atoms with E-state index in [2.05, 4.69) is 36.4 Å². The van der Waals surface area contributed by atoms with Gasteiger partial charge in [-0.15, -0.1) is 0 Å². The van der Waals surface area contributed by atoms with Crippen LogP contribution in [-0.4, -0.2) is 9.97 Å². The molecule has 0 saturated heterocycles. The van der Waals surface area contributed by atoms with Gasteiger partial charge in [0.25, 0.3) is 0 Å². The minimum absolute atomic E-state index is 0.334. The third-order valence-electron chi connectivity index (χ3n) is 13.5. The number of hydrogen-bond acceptors (Lipinski definition) is 6. The molecule has 0 saturated carbocycles. The Labute approximate surface area is 408 Å². The highest BCUT2D eigenvalue weighted by Gasteiger charge is 2.51. The molecule has 0 amide bonds. The second-order valence-corrected chi connectivity index (χ2v) is 17.5. The standard InChI is InChI=1S/C63H40F2N4O2/c64-49-35-19-21-37-51(49)68(45-31-15-5-16-32-45)53-39-47-55(59-57(53)66-61(70-59)41-23-7-1-8-24-41)56-48(63(47,43-27-11-3-12-28-43)44-29-13-4-14-30-44)40-54(58-60(56)71-62(67-58)42-25-9-2-10-26-42)69(46-33-17-6-18-34-46)52-38-22-20-36-50(52)65/h1-40H. The zero-order valence-corrected chi connectivity index (χ0v) is 38.0. The van der Waals surface area contributed by atoms with E-state index >= 15 is 8.78 Å². The maximum atomic E-state index is 16.7. The summed E-state index contributed by atoms with van der Waals surface area (Å²) in [6, 6.07) is 77.8. The fourth-order valence-corrected chi connectivity index (χ4v) is 10.5. The molecule has 338 valence electrons. The molecule has 0 spiro atoms. The first-order valence-corrected chi connectivity index (χ1v) is 23.5. The van der Waals surface area contributed by atoms with Gasteiger partial charge in [0.15, 0.2) is 11.2 Å². The van der Waals surface area contributed by atoms with E-state index in [9.17, 15) is 0 Å². The Bertz CT molecular complexity index is 3650. The van der Waals surface area contributed by atoms with E-state index in [1.54, 1.807) is 24.3 Å². The summed E-state index contributed by atoms with van der Waals surface area (Å²) in [5.41, 5.74) is 10.8. The lowest BCUT2D eigenvalue weighted by Gasteiger charge is -2.35. The zero-order valence-electron chi connectivity index (χ0n) is 38.0. The Morgan fingerprint density at radius 2 is 0.676 bits per heavy atom. The van der Waals surface area contributed by atoms with Crippen LogP contribution in [0.15, 0.2) is 251 Å². The highest BCUT2D eigenvalue weighted by Crippen LogP contribution is 2.63. The van der Waals surface area contributed by atoms with Crippen molar-refractivity contribution in [2.45, 2.75) is 5.41 Å². The maximum absolute atomic E-state index is 16.7. The van der Waals surface area contributed by atoms with Crippen molar-refractivity contribution in [2.75, 3.05) is 9.80 Å². The third-order valence-corrected chi connectivity index (χ3v) is 13.5. The highest BCUT2D eigenvalue weighted by atomic mass is 19.1. The van der Waals surface area contributed by atoms with Crippen LogP contribution in [0.1, 0.15) is 22.3 Å². The van der Waals surface area contributed by atoms with Crippen molar-refractivity contribution in [2.24, 2.45) is 0 Å². The summed E-state index contributed by atoms with van der Waals surface area (Å²) < 4.78 is 47.8. The van der Waals surface area contributed by atoms with Gasteiger partial charge in [-0.25, -0.2) is 18.7 Å². The molecule has 1 aliphatic carbocycles. The van der Waals surface area contributed by atoms with E-state index in [1.165, 1.54) is 12.1 Å². The topological polar surface area (TPSA) is 58.5 Å². The maximum Gasteiger partial charge on any atom is 0.227 e. The average Bonchev–Trinajstić information content (AvgIpc) is 4.16. The van der Waals surface area contributed by atoms with E-state index in [1.807, 2.05) is 180 Å². The molecule has 8 heteroatoms. The van der Waals surface area contributed by atoms with E-state index in [-0.39, 0.29) is 0 Å². The molecule has 0 atom stereocenters. The second-order valence-electron chi connectivity index (χ2n) is 17.5. The fourth-order valence-electron chi connectivity index (χ4n) is 10.5. The quantitative estimate of drug-likeness (QED) is 0.136. The van der Waals surface area contributed by atoms with Gasteiger partial charge in [0.05, 0.1) is 28.2 Å². The van der Waals surface area contributed by atoms with Gasteiger partial charge in [0.1, 0.15) is 22.7 Å². The molecule has 0 fully saturated rings. The van der Waals surface area contributed by atoms with Crippen molar-refractivity contribution in [3.05, 3.63) is 277 Å². The predicted molar refractivity (Wildman–Crippen MR) is 279 cm³/mol. The van der Waals surface area contributed by atoms with Gasteiger partial charge in [0.2, 0.25) is 11.8 Å². The Morgan fingerprint density at radius 3 is 1.04 bits per heavy atom. The number of oxazole rings is 2. The van der Waals surface area contributed by atoms with Crippen molar-refractivity contribution >= 4 is 56.3 Å². The molecule has 1 aliphatic rings. The molecule has 12 aromatic rings. The summed E-state index contributed by atoms with van der Waals surface area (Å²) in [5.74, 6) is -0.0398. The Morgan fingerprint density at radius 1 is 0.352 bits per heavy atom. The summed E-state index contributed by atoms with van der Waals surface area (Å²) in [6.45, 7) is 0. The minimum atomic E-state index is -1.12. The van der Waals surface area contributed by atoms with Gasteiger partial charge in [-0.2, -0.15) is 0 Å². The number of nitrogens with zero attached hydrogens (tertiary/aromatic N) is 4. The number of aromatic nitrogens is 2. The molecule has 2 heterocycles. The van der Waals surface area contributed by atoms with E-state index in [0.29, 0.717) is 56.7 Å². The largest absolute Gasteiger partial charge is 0.435 e. The van der Waals surface area contributed by atoms with Gasteiger partial charge in [-0.05, 0) is 107 Å². The fraction of sp³-hybridized carbons (Fsp3) is 0.0159. The molecule has 13 rings (SSSR count). The summed E-state index contributed by atoms with van der Waals surface area (Å²) in [5, 5.41) is 0. The SMILES string of the molecule is Fc1ccccc1N(c1ccccc1)c1cc2c(c3oc(-c4ccccc4)nc13)-c1c(cc(N(c3ccccc3)c3ccccc3F)c3nc(-c4ccccc4)oc13)C2(c1ccccc1)c1ccccc1. The molecule has 0 N–H and O–H groups in total. The van der Waals surface area contributed by atoms with Gasteiger partial charge in [0, 0.05) is 33.6 Å². The highest BCUT2D eigenvalue weighted by molar-refractivity contribution is 6.15. The lowest BCUT2D eigenvalue weighted by Crippen LogP contribution is -2.29. The van der Waals surface area contributed by atoms with E-state index < -0.39 is 17.0 Å². The van der Waals surface area contributed by atoms with Gasteiger partial charge in [-0.1, -0.05) is 158 Å². The van der Waals surface area contributed by atoms with Gasteiger partial charge in [-0.3, -0.25) is 0 Å². The van der Waals surface area contributed by atoms with Crippen LogP contribution in [0.4, 0.5) is 42.9 Å². The summed E-state index contributed by atoms with van der Waals surface area (Å²) in [4.78, 5) is 14.6. The number of para-hydroxylation sites is 4. The Kier molecular flexibility index (Phi) is 9.99. The summed E-state index contributed by atoms with van der Waals surface area (Å²) in [6.07, 6.45) is 0. The number of hydrogen-bond donors (Lipinski definition) is 0. The molecule has 0 radical (unpaired) electrons. The summed E-state index contributed by atoms with van der Waals surface area (Å²) in [7, 11) is 0. The van der Waals surface area contributed by atoms with Crippen LogP contribution >= 0.6 is 0 Å². The first-order chi connectivity index (χ1) is 35.1. The number of anilines is 6. The Balaban J connectivity index is 1.26. The molecule has 0 unspecified atom stereocenters. The number of rotatable bonds is 10. The first kappa shape index (κ1) is 41.8. The van der Waals surface area contributed by atoms with Crippen molar-refractivity contribution in [3.63, 3.8) is 0 Å². The first-order valence-electron chi connectivity index (χ1n) is 23.5. The second kappa shape index (κ2) is 17.0. The molecule has 0 aliphatic heterocycles. The lowest BCUT2D eigenvalue weighted by molar-refractivity contribution is 0.616. The van der Waals surface area contributed by atoms with Crippen LogP contribution in [0.5, 0.6) is 0 Å². The normalized spacial score (nSPS) is 12.5. The zero-order chi connectivity index (χ0) is 47.5. The van der Waals surface area contributed by atoms with Crippen LogP contribution in [0.2, 0.25) is 0 Å². The predicted octanol–water partition coefficient (Wildman–Crippen LogP) is 16.9. The smallest absolute Gasteiger partial charge is 0.227 e. The number of fused-ring (bicyclic) bond motifs is 7. The van der Waals surface area contributed by atoms with Crippen molar-refractivity contribution in [1.29, 1.82) is 0 Å². The van der Waals surface area contributed by atoms with Crippen molar-refractivity contribution < 1.29 is 17.6 Å². The summed E-state index contributed by atoms with van der Waals surface area (Å²) >= 11 is 0. The molecular formula is C63H40F2N4O2. The van der Waals surface area contributed by atoms with Crippen LogP contribution in [0.25, 0.3) is 56.2 Å². The van der Waals surface area contributed by atoms with Gasteiger partial charge >= 0.3 is 0 Å². The van der Waals surface area contributed by atoms with E-state index in [4.69, 9.17) is 18.8 Å². The monoisotopic (exact) mass is 922 g/mol. The van der Waals surface area contributed by atoms with Crippen molar-refractivity contribution in [3.8, 4) is 34.0 Å². The molecule has 0 bridgehead atoms. The molecule has 6 nitrogen and oxygen atoms in total. The molecule has 71 heavy (non-hydrogen) atoms. The molecule has 2 aromatic heterocycles. The lowest BCUT2D eigenvalue weighted by atomic mass is 9.67. The molecular weight excluding hydrogens is 883 g/mol. The van der Waals surface area contributed by atoms with Crippen molar-refractivity contribution in [1.82, 2.24) is 9.97 Å². The molecule has 10 aromatic carbocycles. The van der Waals surface area contributed by atoms with Crippen LogP contribution in [0.3, 0.4) is 0 Å². The van der Waals surface area contributed by atoms with Crippen LogP contribution < -0.4 is 9.80 Å². The van der Waals surface area contributed by atoms with E-state index in [0.717, 1.165) is 55.9 Å². The van der Waals surface area contributed by atoms with Crippen LogP contribution in [0, 0.1) is 11.6 Å². The average molecular weight is 923 g/mol. The van der Waals surface area contributed by atoms with Crippen LogP contribution in [-0.2, 0) is 5.41 Å². The number of benzene rings is 10. The van der Waals surface area contributed by atoms with Gasteiger partial charge < -0.3 is 18.6 Å². The third kappa shape index (κ3) is 6.67. The Hall–Kier alpha value is -9.40.